The van der Waals surface area contributed by atoms with Gasteiger partial charge in [0.15, 0.2) is 11.6 Å². The standard InChI is InChI=1S/C13H20FNO2/c1-4-13(15,9-16-2)8-10-5-6-12(17-3)11(14)7-10/h5-7H,4,8-9,15H2,1-3H3. The van der Waals surface area contributed by atoms with Gasteiger partial charge in [-0.3, -0.25) is 0 Å². The molecule has 1 unspecified atom stereocenters. The highest BCUT2D eigenvalue weighted by molar-refractivity contribution is 5.30. The van der Waals surface area contributed by atoms with Gasteiger partial charge in [-0.15, -0.1) is 0 Å². The van der Waals surface area contributed by atoms with Gasteiger partial charge in [0.2, 0.25) is 0 Å². The van der Waals surface area contributed by atoms with Crippen molar-refractivity contribution in [1.29, 1.82) is 0 Å². The number of ether oxygens (including phenoxy) is 2. The van der Waals surface area contributed by atoms with E-state index in [1.54, 1.807) is 13.2 Å². The molecule has 0 amide bonds. The molecule has 1 rings (SSSR count). The Morgan fingerprint density at radius 1 is 1.35 bits per heavy atom. The molecule has 0 aliphatic rings. The summed E-state index contributed by atoms with van der Waals surface area (Å²) < 4.78 is 23.5. The summed E-state index contributed by atoms with van der Waals surface area (Å²) in [6.45, 7) is 2.45. The lowest BCUT2D eigenvalue weighted by molar-refractivity contribution is 0.129. The maximum atomic E-state index is 13.5. The second-order valence-electron chi connectivity index (χ2n) is 4.29. The summed E-state index contributed by atoms with van der Waals surface area (Å²) in [6.07, 6.45) is 1.35. The Balaban J connectivity index is 2.83. The first-order valence-electron chi connectivity index (χ1n) is 5.65. The van der Waals surface area contributed by atoms with Crippen LogP contribution in [-0.2, 0) is 11.2 Å². The van der Waals surface area contributed by atoms with Crippen LogP contribution in [0.25, 0.3) is 0 Å². The summed E-state index contributed by atoms with van der Waals surface area (Å²) in [5.74, 6) is -0.111. The fraction of sp³-hybridized carbons (Fsp3) is 0.538. The molecule has 2 N–H and O–H groups in total. The monoisotopic (exact) mass is 241 g/mol. The molecule has 1 atom stereocenters. The van der Waals surface area contributed by atoms with Crippen LogP contribution in [0.4, 0.5) is 4.39 Å². The third kappa shape index (κ3) is 3.68. The van der Waals surface area contributed by atoms with E-state index in [1.807, 2.05) is 13.0 Å². The SMILES string of the molecule is CCC(N)(COC)Cc1ccc(OC)c(F)c1. The maximum absolute atomic E-state index is 13.5. The Kier molecular flexibility index (Phi) is 4.90. The molecule has 3 nitrogen and oxygen atoms in total. The number of nitrogens with two attached hydrogens (primary N) is 1. The average Bonchev–Trinajstić information content (AvgIpc) is 2.29. The Bertz CT molecular complexity index is 370. The Hall–Kier alpha value is -1.13. The van der Waals surface area contributed by atoms with Crippen molar-refractivity contribution in [3.8, 4) is 5.75 Å². The van der Waals surface area contributed by atoms with E-state index in [0.717, 1.165) is 12.0 Å². The lowest BCUT2D eigenvalue weighted by atomic mass is 9.90. The van der Waals surface area contributed by atoms with E-state index in [1.165, 1.54) is 13.2 Å². The summed E-state index contributed by atoms with van der Waals surface area (Å²) in [5.41, 5.74) is 6.58. The lowest BCUT2D eigenvalue weighted by Crippen LogP contribution is -2.45. The maximum Gasteiger partial charge on any atom is 0.165 e. The molecule has 0 fully saturated rings. The molecule has 96 valence electrons. The van der Waals surface area contributed by atoms with Crippen molar-refractivity contribution in [2.75, 3.05) is 20.8 Å². The number of halogens is 1. The molecule has 0 saturated heterocycles. The molecule has 4 heteroatoms. The van der Waals surface area contributed by atoms with Crippen LogP contribution in [0.2, 0.25) is 0 Å². The van der Waals surface area contributed by atoms with Crippen molar-refractivity contribution in [2.45, 2.75) is 25.3 Å². The first-order valence-corrected chi connectivity index (χ1v) is 5.65. The molecule has 0 aromatic heterocycles. The van der Waals surface area contributed by atoms with Crippen LogP contribution < -0.4 is 10.5 Å². The smallest absolute Gasteiger partial charge is 0.165 e. The zero-order valence-electron chi connectivity index (χ0n) is 10.6. The zero-order chi connectivity index (χ0) is 12.9. The summed E-state index contributed by atoms with van der Waals surface area (Å²) in [4.78, 5) is 0. The zero-order valence-corrected chi connectivity index (χ0v) is 10.6. The quantitative estimate of drug-likeness (QED) is 0.829. The molecular formula is C13H20FNO2. The summed E-state index contributed by atoms with van der Waals surface area (Å²) in [5, 5.41) is 0. The van der Waals surface area contributed by atoms with Gasteiger partial charge in [-0.2, -0.15) is 0 Å². The summed E-state index contributed by atoms with van der Waals surface area (Å²) in [6, 6.07) is 4.91. The van der Waals surface area contributed by atoms with Crippen molar-refractivity contribution >= 4 is 0 Å². The topological polar surface area (TPSA) is 44.5 Å². The van der Waals surface area contributed by atoms with Crippen LogP contribution in [0.3, 0.4) is 0 Å². The van der Waals surface area contributed by atoms with Gasteiger partial charge in [0.25, 0.3) is 0 Å². The highest BCUT2D eigenvalue weighted by Crippen LogP contribution is 2.21. The molecule has 0 radical (unpaired) electrons. The fourth-order valence-electron chi connectivity index (χ4n) is 1.79. The van der Waals surface area contributed by atoms with Crippen molar-refractivity contribution in [1.82, 2.24) is 0 Å². The highest BCUT2D eigenvalue weighted by atomic mass is 19.1. The van der Waals surface area contributed by atoms with Gasteiger partial charge >= 0.3 is 0 Å². The van der Waals surface area contributed by atoms with Crippen LogP contribution in [0, 0.1) is 5.82 Å². The van der Waals surface area contributed by atoms with Gasteiger partial charge in [-0.25, -0.2) is 4.39 Å². The minimum atomic E-state index is -0.449. The minimum absolute atomic E-state index is 0.250. The number of benzene rings is 1. The Morgan fingerprint density at radius 3 is 2.53 bits per heavy atom. The lowest BCUT2D eigenvalue weighted by Gasteiger charge is -2.27. The van der Waals surface area contributed by atoms with E-state index in [9.17, 15) is 4.39 Å². The molecule has 0 spiro atoms. The number of rotatable bonds is 6. The predicted octanol–water partition coefficient (Wildman–Crippen LogP) is 2.13. The number of methoxy groups -OCH3 is 2. The van der Waals surface area contributed by atoms with E-state index >= 15 is 0 Å². The third-order valence-corrected chi connectivity index (χ3v) is 2.91. The fourth-order valence-corrected chi connectivity index (χ4v) is 1.79. The van der Waals surface area contributed by atoms with E-state index < -0.39 is 5.54 Å². The average molecular weight is 241 g/mol. The first-order chi connectivity index (χ1) is 8.04. The minimum Gasteiger partial charge on any atom is -0.494 e. The molecule has 0 aliphatic carbocycles. The van der Waals surface area contributed by atoms with Gasteiger partial charge in [0.05, 0.1) is 13.7 Å². The van der Waals surface area contributed by atoms with Gasteiger partial charge in [-0.1, -0.05) is 13.0 Å². The molecular weight excluding hydrogens is 221 g/mol. The van der Waals surface area contributed by atoms with Crippen LogP contribution in [0.15, 0.2) is 18.2 Å². The Morgan fingerprint density at radius 2 is 2.06 bits per heavy atom. The van der Waals surface area contributed by atoms with Gasteiger partial charge in [0, 0.05) is 12.6 Å². The predicted molar refractivity (Wildman–Crippen MR) is 65.7 cm³/mol. The molecule has 0 aliphatic heterocycles. The summed E-state index contributed by atoms with van der Waals surface area (Å²) in [7, 11) is 3.06. The van der Waals surface area contributed by atoms with Gasteiger partial charge in [-0.05, 0) is 30.5 Å². The summed E-state index contributed by atoms with van der Waals surface area (Å²) >= 11 is 0. The van der Waals surface area contributed by atoms with Crippen molar-refractivity contribution < 1.29 is 13.9 Å². The molecule has 1 aromatic rings. The van der Waals surface area contributed by atoms with Gasteiger partial charge in [0.1, 0.15) is 0 Å². The van der Waals surface area contributed by atoms with E-state index in [-0.39, 0.29) is 11.6 Å². The largest absolute Gasteiger partial charge is 0.494 e. The van der Waals surface area contributed by atoms with Crippen LogP contribution >= 0.6 is 0 Å². The Labute approximate surface area is 102 Å². The number of hydrogen-bond acceptors (Lipinski definition) is 3. The molecule has 0 saturated carbocycles. The second-order valence-corrected chi connectivity index (χ2v) is 4.29. The van der Waals surface area contributed by atoms with E-state index in [2.05, 4.69) is 0 Å². The highest BCUT2D eigenvalue weighted by Gasteiger charge is 2.23. The normalized spacial score (nSPS) is 14.4. The van der Waals surface area contributed by atoms with Crippen molar-refractivity contribution in [3.05, 3.63) is 29.6 Å². The molecule has 1 aromatic carbocycles. The van der Waals surface area contributed by atoms with Crippen molar-refractivity contribution in [3.63, 3.8) is 0 Å². The van der Waals surface area contributed by atoms with Crippen LogP contribution in [0.5, 0.6) is 5.75 Å². The van der Waals surface area contributed by atoms with E-state index in [4.69, 9.17) is 15.2 Å². The molecule has 0 heterocycles. The molecule has 0 bridgehead atoms. The molecule has 17 heavy (non-hydrogen) atoms. The first kappa shape index (κ1) is 13.9. The third-order valence-electron chi connectivity index (χ3n) is 2.91. The number of hydrogen-bond donors (Lipinski definition) is 1. The van der Waals surface area contributed by atoms with Crippen molar-refractivity contribution in [2.24, 2.45) is 5.73 Å². The second kappa shape index (κ2) is 5.98. The van der Waals surface area contributed by atoms with Gasteiger partial charge < -0.3 is 15.2 Å². The van der Waals surface area contributed by atoms with Crippen LogP contribution in [0.1, 0.15) is 18.9 Å². The van der Waals surface area contributed by atoms with Crippen LogP contribution in [-0.4, -0.2) is 26.4 Å². The van der Waals surface area contributed by atoms with E-state index in [0.29, 0.717) is 13.0 Å².